The molecule has 0 aliphatic heterocycles. The van der Waals surface area contributed by atoms with Crippen molar-refractivity contribution in [1.29, 1.82) is 0 Å². The van der Waals surface area contributed by atoms with Crippen LogP contribution in [0.4, 0.5) is 0 Å². The normalized spacial score (nSPS) is 9.79. The Balaban J connectivity index is 2.28. The molecule has 0 heterocycles. The number of nitrogens with one attached hydrogen (secondary N) is 1. The number of rotatable bonds is 7. The molecule has 0 saturated carbocycles. The lowest BCUT2D eigenvalue weighted by atomic mass is 10.2. The van der Waals surface area contributed by atoms with Crippen molar-refractivity contribution in [2.24, 2.45) is 0 Å². The topological polar surface area (TPSA) is 64.6 Å². The Morgan fingerprint density at radius 3 is 2.68 bits per heavy atom. The van der Waals surface area contributed by atoms with Gasteiger partial charge in [0.15, 0.2) is 0 Å². The first-order valence-electron chi connectivity index (χ1n) is 6.15. The van der Waals surface area contributed by atoms with Crippen LogP contribution in [0.25, 0.3) is 0 Å². The van der Waals surface area contributed by atoms with E-state index in [-0.39, 0.29) is 24.9 Å². The van der Waals surface area contributed by atoms with E-state index in [4.69, 9.17) is 9.47 Å². The maximum absolute atomic E-state index is 11.5. The molecule has 1 rings (SSSR count). The van der Waals surface area contributed by atoms with Gasteiger partial charge in [-0.05, 0) is 12.5 Å². The number of carbonyl (C=O) groups excluding carboxylic acids is 2. The Morgan fingerprint density at radius 1 is 1.26 bits per heavy atom. The molecule has 1 aromatic carbocycles. The molecule has 0 spiro atoms. The maximum atomic E-state index is 11.5. The number of carbonyl (C=O) groups is 2. The van der Waals surface area contributed by atoms with Gasteiger partial charge in [0.1, 0.15) is 12.4 Å². The predicted molar refractivity (Wildman–Crippen MR) is 70.7 cm³/mol. The number of hydrogen-bond donors (Lipinski definition) is 1. The van der Waals surface area contributed by atoms with E-state index in [0.717, 1.165) is 5.56 Å². The maximum Gasteiger partial charge on any atom is 0.306 e. The molecule has 0 aromatic heterocycles. The Kier molecular flexibility index (Phi) is 6.43. The van der Waals surface area contributed by atoms with E-state index in [2.05, 4.69) is 5.32 Å². The minimum Gasteiger partial charge on any atom is -0.496 e. The Morgan fingerprint density at radius 2 is 2.00 bits per heavy atom. The van der Waals surface area contributed by atoms with Crippen LogP contribution in [-0.4, -0.2) is 25.5 Å². The number of para-hydroxylation sites is 1. The van der Waals surface area contributed by atoms with Gasteiger partial charge in [-0.25, -0.2) is 0 Å². The Hall–Kier alpha value is -2.04. The molecule has 0 aliphatic rings. The average Bonchev–Trinajstić information content (AvgIpc) is 2.41. The lowest BCUT2D eigenvalue weighted by Gasteiger charge is -2.09. The van der Waals surface area contributed by atoms with Crippen molar-refractivity contribution in [1.82, 2.24) is 5.32 Å². The van der Waals surface area contributed by atoms with Gasteiger partial charge in [-0.15, -0.1) is 0 Å². The zero-order chi connectivity index (χ0) is 14.1. The monoisotopic (exact) mass is 265 g/mol. The third-order valence-electron chi connectivity index (χ3n) is 2.51. The molecule has 0 atom stereocenters. The van der Waals surface area contributed by atoms with Gasteiger partial charge in [0.05, 0.1) is 7.11 Å². The average molecular weight is 265 g/mol. The Labute approximate surface area is 112 Å². The first kappa shape index (κ1) is 15.0. The van der Waals surface area contributed by atoms with E-state index in [0.29, 0.717) is 18.7 Å². The first-order chi connectivity index (χ1) is 9.13. The fourth-order valence-corrected chi connectivity index (χ4v) is 1.55. The molecule has 1 N–H and O–H groups in total. The quantitative estimate of drug-likeness (QED) is 0.601. The van der Waals surface area contributed by atoms with E-state index in [1.54, 1.807) is 7.11 Å². The third kappa shape index (κ3) is 5.90. The second-order valence-electron chi connectivity index (χ2n) is 4.06. The molecule has 1 aromatic rings. The molecule has 104 valence electrons. The van der Waals surface area contributed by atoms with Crippen LogP contribution in [0.1, 0.15) is 25.3 Å². The van der Waals surface area contributed by atoms with Gasteiger partial charge >= 0.3 is 5.97 Å². The minimum atomic E-state index is -0.281. The lowest BCUT2D eigenvalue weighted by Crippen LogP contribution is -2.21. The molecule has 0 bridgehead atoms. The molecule has 0 saturated heterocycles. The molecule has 5 heteroatoms. The number of amides is 1. The zero-order valence-corrected chi connectivity index (χ0v) is 11.3. The summed E-state index contributed by atoms with van der Waals surface area (Å²) in [7, 11) is 1.58. The molecule has 0 fully saturated rings. The van der Waals surface area contributed by atoms with Crippen molar-refractivity contribution in [3.05, 3.63) is 29.8 Å². The van der Waals surface area contributed by atoms with Gasteiger partial charge in [-0.2, -0.15) is 0 Å². The van der Waals surface area contributed by atoms with E-state index in [1.165, 1.54) is 6.92 Å². The third-order valence-corrected chi connectivity index (χ3v) is 2.51. The summed E-state index contributed by atoms with van der Waals surface area (Å²) in [6.07, 6.45) is 0.861. The molecule has 5 nitrogen and oxygen atoms in total. The van der Waals surface area contributed by atoms with Crippen LogP contribution in [-0.2, 0) is 20.9 Å². The van der Waals surface area contributed by atoms with Crippen LogP contribution in [0.3, 0.4) is 0 Å². The second kappa shape index (κ2) is 8.13. The summed E-state index contributed by atoms with van der Waals surface area (Å²) in [5.74, 6) is 0.326. The van der Waals surface area contributed by atoms with Crippen molar-refractivity contribution in [2.45, 2.75) is 26.4 Å². The van der Waals surface area contributed by atoms with E-state index in [1.807, 2.05) is 24.3 Å². The highest BCUT2D eigenvalue weighted by atomic mass is 16.5. The van der Waals surface area contributed by atoms with Gasteiger partial charge in [0.2, 0.25) is 5.91 Å². The zero-order valence-electron chi connectivity index (χ0n) is 11.3. The highest BCUT2D eigenvalue weighted by Crippen LogP contribution is 2.18. The fourth-order valence-electron chi connectivity index (χ4n) is 1.55. The van der Waals surface area contributed by atoms with Crippen molar-refractivity contribution in [2.75, 3.05) is 13.7 Å². The number of benzene rings is 1. The molecular formula is C14H19NO4. The summed E-state index contributed by atoms with van der Waals surface area (Å²) >= 11 is 0. The highest BCUT2D eigenvalue weighted by Gasteiger charge is 2.06. The van der Waals surface area contributed by atoms with Crippen molar-refractivity contribution in [3.8, 4) is 5.75 Å². The molecule has 19 heavy (non-hydrogen) atoms. The molecule has 1 amide bonds. The van der Waals surface area contributed by atoms with Crippen LogP contribution >= 0.6 is 0 Å². The van der Waals surface area contributed by atoms with Crippen molar-refractivity contribution < 1.29 is 19.1 Å². The van der Waals surface area contributed by atoms with E-state index in [9.17, 15) is 9.59 Å². The number of ether oxygens (including phenoxy) is 2. The van der Waals surface area contributed by atoms with Gasteiger partial charge in [0.25, 0.3) is 0 Å². The lowest BCUT2D eigenvalue weighted by molar-refractivity contribution is -0.145. The summed E-state index contributed by atoms with van der Waals surface area (Å²) in [4.78, 5) is 22.1. The van der Waals surface area contributed by atoms with Crippen LogP contribution in [0, 0.1) is 0 Å². The number of esters is 1. The van der Waals surface area contributed by atoms with Gasteiger partial charge in [-0.1, -0.05) is 18.2 Å². The van der Waals surface area contributed by atoms with E-state index >= 15 is 0 Å². The van der Waals surface area contributed by atoms with Crippen LogP contribution < -0.4 is 10.1 Å². The SMILES string of the molecule is COc1ccccc1COC(=O)CCCNC(C)=O. The second-order valence-corrected chi connectivity index (χ2v) is 4.06. The van der Waals surface area contributed by atoms with Crippen LogP contribution in [0.2, 0.25) is 0 Å². The molecular weight excluding hydrogens is 246 g/mol. The molecule has 0 radical (unpaired) electrons. The Bertz CT molecular complexity index is 431. The summed E-state index contributed by atoms with van der Waals surface area (Å²) < 4.78 is 10.3. The fraction of sp³-hybridized carbons (Fsp3) is 0.429. The molecule has 0 unspecified atom stereocenters. The van der Waals surface area contributed by atoms with Crippen LogP contribution in [0.15, 0.2) is 24.3 Å². The minimum absolute atomic E-state index is 0.0950. The number of hydrogen-bond acceptors (Lipinski definition) is 4. The summed E-state index contributed by atoms with van der Waals surface area (Å²) in [5.41, 5.74) is 0.834. The van der Waals surface area contributed by atoms with Crippen molar-refractivity contribution >= 4 is 11.9 Å². The summed E-state index contributed by atoms with van der Waals surface area (Å²) in [5, 5.41) is 2.63. The summed E-state index contributed by atoms with van der Waals surface area (Å²) in [6, 6.07) is 7.39. The first-order valence-corrected chi connectivity index (χ1v) is 6.15. The largest absolute Gasteiger partial charge is 0.496 e. The van der Waals surface area contributed by atoms with Crippen LogP contribution in [0.5, 0.6) is 5.75 Å². The standard InChI is InChI=1S/C14H19NO4/c1-11(16)15-9-5-8-14(17)19-10-12-6-3-4-7-13(12)18-2/h3-4,6-7H,5,8-10H2,1-2H3,(H,15,16). The summed E-state index contributed by atoms with van der Waals surface area (Å²) in [6.45, 7) is 2.13. The van der Waals surface area contributed by atoms with E-state index < -0.39 is 0 Å². The van der Waals surface area contributed by atoms with Gasteiger partial charge < -0.3 is 14.8 Å². The molecule has 0 aliphatic carbocycles. The smallest absolute Gasteiger partial charge is 0.306 e. The predicted octanol–water partition coefficient (Wildman–Crippen LogP) is 1.65. The highest BCUT2D eigenvalue weighted by molar-refractivity contribution is 5.73. The number of methoxy groups -OCH3 is 1. The van der Waals surface area contributed by atoms with Gasteiger partial charge in [-0.3, -0.25) is 9.59 Å². The van der Waals surface area contributed by atoms with Crippen molar-refractivity contribution in [3.63, 3.8) is 0 Å². The van der Waals surface area contributed by atoms with Gasteiger partial charge in [0, 0.05) is 25.5 Å².